The molecule has 0 spiro atoms. The third kappa shape index (κ3) is 4.72. The molecule has 8 nitrogen and oxygen atoms in total. The molecular formula is C15H21FN4O4. The zero-order valence-corrected chi connectivity index (χ0v) is 13.8. The van der Waals surface area contributed by atoms with E-state index in [1.807, 2.05) is 24.2 Å². The standard InChI is InChI=1S/C15H21FN4O4/c1-9-7-20(8-10(2)24-9)13-5-4-11(6-12(13)16)17-14(21)18-19-15(22)23-3/h4-6,9-10H,7-8H2,1-3H3,(H,19,22)(H2,17,18,21). The molecule has 0 aliphatic carbocycles. The Kier molecular flexibility index (Phi) is 5.80. The molecule has 2 rings (SSSR count). The van der Waals surface area contributed by atoms with Crippen molar-refractivity contribution in [3.63, 3.8) is 0 Å². The van der Waals surface area contributed by atoms with E-state index >= 15 is 0 Å². The summed E-state index contributed by atoms with van der Waals surface area (Å²) in [4.78, 5) is 24.3. The fraction of sp³-hybridized carbons (Fsp3) is 0.467. The minimum atomic E-state index is -0.817. The summed E-state index contributed by atoms with van der Waals surface area (Å²) < 4.78 is 24.3. The molecule has 0 aromatic heterocycles. The Morgan fingerprint density at radius 1 is 1.25 bits per heavy atom. The number of halogens is 1. The molecule has 0 radical (unpaired) electrons. The van der Waals surface area contributed by atoms with Gasteiger partial charge in [0.15, 0.2) is 0 Å². The van der Waals surface area contributed by atoms with E-state index in [2.05, 4.69) is 15.5 Å². The van der Waals surface area contributed by atoms with Gasteiger partial charge in [0.2, 0.25) is 0 Å². The highest BCUT2D eigenvalue weighted by Gasteiger charge is 2.24. The Morgan fingerprint density at radius 2 is 1.92 bits per heavy atom. The number of benzene rings is 1. The molecule has 2 atom stereocenters. The molecule has 1 heterocycles. The highest BCUT2D eigenvalue weighted by molar-refractivity contribution is 5.90. The lowest BCUT2D eigenvalue weighted by atomic mass is 10.2. The summed E-state index contributed by atoms with van der Waals surface area (Å²) in [6.07, 6.45) is -0.788. The van der Waals surface area contributed by atoms with Crippen LogP contribution in [0.5, 0.6) is 0 Å². The number of nitrogens with zero attached hydrogens (tertiary/aromatic N) is 1. The van der Waals surface area contributed by atoms with Gasteiger partial charge in [0.25, 0.3) is 0 Å². The van der Waals surface area contributed by atoms with E-state index in [-0.39, 0.29) is 17.9 Å². The van der Waals surface area contributed by atoms with Crippen molar-refractivity contribution >= 4 is 23.5 Å². The SMILES string of the molecule is COC(=O)NNC(=O)Nc1ccc(N2CC(C)OC(C)C2)c(F)c1. The maximum absolute atomic E-state index is 14.4. The Hall–Kier alpha value is -2.55. The van der Waals surface area contributed by atoms with E-state index < -0.39 is 17.9 Å². The number of morpholine rings is 1. The molecule has 1 aromatic rings. The minimum Gasteiger partial charge on any atom is -0.452 e. The second-order valence-electron chi connectivity index (χ2n) is 5.52. The van der Waals surface area contributed by atoms with Gasteiger partial charge in [-0.05, 0) is 32.0 Å². The largest absolute Gasteiger partial charge is 0.452 e. The first-order chi connectivity index (χ1) is 11.4. The molecule has 0 saturated carbocycles. The van der Waals surface area contributed by atoms with Gasteiger partial charge in [-0.15, -0.1) is 0 Å². The first kappa shape index (κ1) is 17.8. The van der Waals surface area contributed by atoms with Crippen LogP contribution in [0, 0.1) is 5.82 Å². The van der Waals surface area contributed by atoms with Gasteiger partial charge in [-0.1, -0.05) is 0 Å². The first-order valence-electron chi connectivity index (χ1n) is 7.50. The molecule has 1 fully saturated rings. The Labute approximate surface area is 139 Å². The third-order valence-electron chi connectivity index (χ3n) is 3.43. The molecule has 9 heteroatoms. The van der Waals surface area contributed by atoms with E-state index in [9.17, 15) is 14.0 Å². The Balaban J connectivity index is 1.99. The summed E-state index contributed by atoms with van der Waals surface area (Å²) in [7, 11) is 1.16. The summed E-state index contributed by atoms with van der Waals surface area (Å²) in [5.74, 6) is -0.449. The van der Waals surface area contributed by atoms with Gasteiger partial charge in [-0.25, -0.2) is 24.8 Å². The molecule has 132 valence electrons. The van der Waals surface area contributed by atoms with Gasteiger partial charge in [-0.2, -0.15) is 0 Å². The molecule has 3 N–H and O–H groups in total. The summed E-state index contributed by atoms with van der Waals surface area (Å²) >= 11 is 0. The van der Waals surface area contributed by atoms with Crippen molar-refractivity contribution in [1.29, 1.82) is 0 Å². The molecule has 24 heavy (non-hydrogen) atoms. The number of carbonyl (C=O) groups excluding carboxylic acids is 2. The van der Waals surface area contributed by atoms with Gasteiger partial charge in [0.05, 0.1) is 25.0 Å². The van der Waals surface area contributed by atoms with Crippen molar-refractivity contribution in [2.24, 2.45) is 0 Å². The molecule has 1 aromatic carbocycles. The van der Waals surface area contributed by atoms with Crippen LogP contribution in [0.3, 0.4) is 0 Å². The monoisotopic (exact) mass is 340 g/mol. The topological polar surface area (TPSA) is 91.9 Å². The van der Waals surface area contributed by atoms with E-state index in [0.29, 0.717) is 18.8 Å². The molecular weight excluding hydrogens is 319 g/mol. The lowest BCUT2D eigenvalue weighted by Gasteiger charge is -2.37. The van der Waals surface area contributed by atoms with E-state index in [0.717, 1.165) is 7.11 Å². The van der Waals surface area contributed by atoms with E-state index in [1.54, 1.807) is 12.1 Å². The average molecular weight is 340 g/mol. The lowest BCUT2D eigenvalue weighted by molar-refractivity contribution is -0.00539. The highest BCUT2D eigenvalue weighted by atomic mass is 19.1. The maximum atomic E-state index is 14.4. The smallest absolute Gasteiger partial charge is 0.425 e. The van der Waals surface area contributed by atoms with Crippen molar-refractivity contribution in [3.8, 4) is 0 Å². The Bertz CT molecular complexity index is 603. The van der Waals surface area contributed by atoms with Gasteiger partial charge in [-0.3, -0.25) is 0 Å². The van der Waals surface area contributed by atoms with E-state index in [1.165, 1.54) is 6.07 Å². The van der Waals surface area contributed by atoms with Gasteiger partial charge >= 0.3 is 12.1 Å². The van der Waals surface area contributed by atoms with E-state index in [4.69, 9.17) is 4.74 Å². The highest BCUT2D eigenvalue weighted by Crippen LogP contribution is 2.26. The molecule has 1 aliphatic rings. The van der Waals surface area contributed by atoms with Gasteiger partial charge < -0.3 is 19.7 Å². The van der Waals surface area contributed by atoms with Crippen LogP contribution in [0.15, 0.2) is 18.2 Å². The van der Waals surface area contributed by atoms with Crippen LogP contribution in [0.4, 0.5) is 25.4 Å². The van der Waals surface area contributed by atoms with Crippen LogP contribution in [0.2, 0.25) is 0 Å². The zero-order chi connectivity index (χ0) is 17.7. The third-order valence-corrected chi connectivity index (χ3v) is 3.43. The maximum Gasteiger partial charge on any atom is 0.425 e. The minimum absolute atomic E-state index is 0.0149. The Morgan fingerprint density at radius 3 is 2.50 bits per heavy atom. The molecule has 1 aliphatic heterocycles. The van der Waals surface area contributed by atoms with Crippen LogP contribution in [-0.4, -0.2) is 44.5 Å². The number of rotatable bonds is 2. The number of carbonyl (C=O) groups is 2. The summed E-state index contributed by atoms with van der Waals surface area (Å²) in [5.41, 5.74) is 4.78. The lowest BCUT2D eigenvalue weighted by Crippen LogP contribution is -2.45. The fourth-order valence-electron chi connectivity index (χ4n) is 2.54. The molecule has 1 saturated heterocycles. The fourth-order valence-corrected chi connectivity index (χ4v) is 2.54. The van der Waals surface area contributed by atoms with Crippen LogP contribution in [0.25, 0.3) is 0 Å². The van der Waals surface area contributed by atoms with Crippen LogP contribution in [0.1, 0.15) is 13.8 Å². The summed E-state index contributed by atoms with van der Waals surface area (Å²) in [6, 6.07) is 3.68. The average Bonchev–Trinajstić information content (AvgIpc) is 2.51. The number of hydrazine groups is 1. The molecule has 2 unspecified atom stereocenters. The summed E-state index contributed by atoms with van der Waals surface area (Å²) in [6.45, 7) is 5.07. The number of nitrogens with one attached hydrogen (secondary N) is 3. The molecule has 3 amide bonds. The normalized spacial score (nSPS) is 20.2. The van der Waals surface area contributed by atoms with Crippen molar-refractivity contribution in [1.82, 2.24) is 10.9 Å². The predicted octanol–water partition coefficient (Wildman–Crippen LogP) is 1.83. The number of methoxy groups -OCH3 is 1. The zero-order valence-electron chi connectivity index (χ0n) is 13.8. The van der Waals surface area contributed by atoms with Crippen LogP contribution in [-0.2, 0) is 9.47 Å². The number of hydrogen-bond donors (Lipinski definition) is 3. The number of urea groups is 1. The quantitative estimate of drug-likeness (QED) is 0.715. The second-order valence-corrected chi connectivity index (χ2v) is 5.52. The van der Waals surface area contributed by atoms with Gasteiger partial charge in [0, 0.05) is 18.8 Å². The number of ether oxygens (including phenoxy) is 2. The number of hydrogen-bond acceptors (Lipinski definition) is 5. The van der Waals surface area contributed by atoms with Crippen molar-refractivity contribution in [2.75, 3.05) is 30.4 Å². The van der Waals surface area contributed by atoms with Gasteiger partial charge in [0.1, 0.15) is 5.82 Å². The van der Waals surface area contributed by atoms with Crippen molar-refractivity contribution < 1.29 is 23.5 Å². The number of anilines is 2. The van der Waals surface area contributed by atoms with Crippen LogP contribution >= 0.6 is 0 Å². The van der Waals surface area contributed by atoms with Crippen LogP contribution < -0.4 is 21.1 Å². The second kappa shape index (κ2) is 7.82. The predicted molar refractivity (Wildman–Crippen MR) is 86.3 cm³/mol. The molecule has 0 bridgehead atoms. The number of amides is 3. The summed E-state index contributed by atoms with van der Waals surface area (Å²) in [5, 5.41) is 2.41. The van der Waals surface area contributed by atoms with Crippen molar-refractivity contribution in [2.45, 2.75) is 26.1 Å². The van der Waals surface area contributed by atoms with Crippen molar-refractivity contribution in [3.05, 3.63) is 24.0 Å². The first-order valence-corrected chi connectivity index (χ1v) is 7.50.